The number of ether oxygens (including phenoxy) is 2. The molecule has 0 amide bonds. The molecule has 7 nitrogen and oxygen atoms in total. The lowest BCUT2D eigenvalue weighted by atomic mass is 10.1. The third-order valence-corrected chi connectivity index (χ3v) is 5.95. The van der Waals surface area contributed by atoms with Crippen molar-refractivity contribution in [3.05, 3.63) is 63.6 Å². The summed E-state index contributed by atoms with van der Waals surface area (Å²) in [4.78, 5) is 23.1. The lowest BCUT2D eigenvalue weighted by Crippen LogP contribution is -2.23. The third-order valence-electron chi connectivity index (χ3n) is 3.57. The van der Waals surface area contributed by atoms with E-state index in [1.165, 1.54) is 25.3 Å². The molecule has 0 spiro atoms. The van der Waals surface area contributed by atoms with E-state index < -0.39 is 22.0 Å². The Morgan fingerprint density at radius 3 is 2.22 bits per heavy atom. The molecule has 0 heterocycles. The van der Waals surface area contributed by atoms with Gasteiger partial charge in [-0.1, -0.05) is 12.1 Å². The summed E-state index contributed by atoms with van der Waals surface area (Å²) >= 11 is 3.18. The van der Waals surface area contributed by atoms with Gasteiger partial charge in [-0.25, -0.2) is 22.7 Å². The van der Waals surface area contributed by atoms with Crippen LogP contribution >= 0.6 is 15.9 Å². The first-order valence-electron chi connectivity index (χ1n) is 7.92. The van der Waals surface area contributed by atoms with Crippen LogP contribution in [0.4, 0.5) is 0 Å². The summed E-state index contributed by atoms with van der Waals surface area (Å²) in [7, 11) is -2.53. The highest BCUT2D eigenvalue weighted by molar-refractivity contribution is 9.10. The van der Waals surface area contributed by atoms with Crippen molar-refractivity contribution in [2.45, 2.75) is 18.4 Å². The smallest absolute Gasteiger partial charge is 0.338 e. The maximum Gasteiger partial charge on any atom is 0.338 e. The molecule has 0 atom stereocenters. The summed E-state index contributed by atoms with van der Waals surface area (Å²) in [5, 5.41) is 0. The minimum Gasteiger partial charge on any atom is -0.465 e. The molecular formula is C18H18BrNO6S. The Labute approximate surface area is 165 Å². The molecule has 0 bridgehead atoms. The first kappa shape index (κ1) is 21.1. The van der Waals surface area contributed by atoms with Crippen LogP contribution in [0.5, 0.6) is 0 Å². The van der Waals surface area contributed by atoms with Gasteiger partial charge in [0.25, 0.3) is 0 Å². The number of halogens is 1. The number of benzene rings is 2. The molecule has 0 saturated carbocycles. The van der Waals surface area contributed by atoms with Gasteiger partial charge in [0.1, 0.15) is 0 Å². The number of carbonyl (C=O) groups is 2. The van der Waals surface area contributed by atoms with E-state index in [0.717, 1.165) is 0 Å². The first-order chi connectivity index (χ1) is 12.8. The highest BCUT2D eigenvalue weighted by Gasteiger charge is 2.19. The average molecular weight is 456 g/mol. The maximum atomic E-state index is 12.5. The molecule has 0 aromatic heterocycles. The molecule has 2 aromatic rings. The van der Waals surface area contributed by atoms with Crippen LogP contribution in [0.1, 0.15) is 33.2 Å². The van der Waals surface area contributed by atoms with Gasteiger partial charge in [0, 0.05) is 11.0 Å². The molecule has 27 heavy (non-hydrogen) atoms. The van der Waals surface area contributed by atoms with Gasteiger partial charge in [-0.3, -0.25) is 0 Å². The molecule has 0 saturated heterocycles. The Hall–Kier alpha value is -2.23. The monoisotopic (exact) mass is 455 g/mol. The summed E-state index contributed by atoms with van der Waals surface area (Å²) in [6.45, 7) is 1.95. The number of carbonyl (C=O) groups excluding carboxylic acids is 2. The topological polar surface area (TPSA) is 98.8 Å². The van der Waals surface area contributed by atoms with E-state index in [0.29, 0.717) is 11.1 Å². The van der Waals surface area contributed by atoms with Crippen LogP contribution in [0.2, 0.25) is 0 Å². The van der Waals surface area contributed by atoms with Crippen LogP contribution in [-0.4, -0.2) is 34.1 Å². The number of sulfonamides is 1. The first-order valence-corrected chi connectivity index (χ1v) is 10.2. The molecule has 0 fully saturated rings. The fourth-order valence-corrected chi connectivity index (χ4v) is 4.29. The average Bonchev–Trinajstić information content (AvgIpc) is 2.66. The Kier molecular flexibility index (Phi) is 7.11. The summed E-state index contributed by atoms with van der Waals surface area (Å²) in [5.74, 6) is -0.992. The summed E-state index contributed by atoms with van der Waals surface area (Å²) in [5.41, 5.74) is 1.30. The number of hydrogen-bond acceptors (Lipinski definition) is 6. The maximum absolute atomic E-state index is 12.5. The fourth-order valence-electron chi connectivity index (χ4n) is 2.19. The molecule has 2 aromatic carbocycles. The molecule has 9 heteroatoms. The predicted octanol–water partition coefficient (Wildman–Crippen LogP) is 2.89. The quantitative estimate of drug-likeness (QED) is 0.644. The normalized spacial score (nSPS) is 11.1. The van der Waals surface area contributed by atoms with Gasteiger partial charge < -0.3 is 9.47 Å². The van der Waals surface area contributed by atoms with Gasteiger partial charge in [-0.15, -0.1) is 0 Å². The molecule has 0 unspecified atom stereocenters. The van der Waals surface area contributed by atoms with Crippen molar-refractivity contribution in [2.24, 2.45) is 0 Å². The highest BCUT2D eigenvalue weighted by Crippen LogP contribution is 2.24. The van der Waals surface area contributed by atoms with Crippen molar-refractivity contribution >= 4 is 37.9 Å². The zero-order valence-corrected chi connectivity index (χ0v) is 17.1. The van der Waals surface area contributed by atoms with Crippen LogP contribution in [0.25, 0.3) is 0 Å². The van der Waals surface area contributed by atoms with Crippen molar-refractivity contribution in [1.29, 1.82) is 0 Å². The Bertz CT molecular complexity index is 941. The van der Waals surface area contributed by atoms with E-state index in [4.69, 9.17) is 4.74 Å². The van der Waals surface area contributed by atoms with Gasteiger partial charge in [0.2, 0.25) is 10.0 Å². The van der Waals surface area contributed by atoms with E-state index >= 15 is 0 Å². The van der Waals surface area contributed by atoms with Gasteiger partial charge >= 0.3 is 11.9 Å². The highest BCUT2D eigenvalue weighted by atomic mass is 79.9. The second-order valence-corrected chi connectivity index (χ2v) is 7.97. The number of nitrogens with one attached hydrogen (secondary N) is 1. The zero-order chi connectivity index (χ0) is 20.0. The van der Waals surface area contributed by atoms with E-state index in [9.17, 15) is 18.0 Å². The van der Waals surface area contributed by atoms with Gasteiger partial charge in [-0.2, -0.15) is 0 Å². The zero-order valence-electron chi connectivity index (χ0n) is 14.7. The Morgan fingerprint density at radius 1 is 1.04 bits per heavy atom. The van der Waals surface area contributed by atoms with Crippen LogP contribution in [0.15, 0.2) is 51.8 Å². The van der Waals surface area contributed by atoms with Gasteiger partial charge in [0.15, 0.2) is 0 Å². The second-order valence-electron chi connectivity index (χ2n) is 5.38. The van der Waals surface area contributed by atoms with Crippen LogP contribution in [-0.2, 0) is 26.0 Å². The van der Waals surface area contributed by atoms with Crippen molar-refractivity contribution in [3.8, 4) is 0 Å². The van der Waals surface area contributed by atoms with E-state index in [1.807, 2.05) is 0 Å². The summed E-state index contributed by atoms with van der Waals surface area (Å²) in [6, 6.07) is 10.5. The van der Waals surface area contributed by atoms with Crippen LogP contribution < -0.4 is 4.72 Å². The number of rotatable bonds is 7. The largest absolute Gasteiger partial charge is 0.465 e. The lowest BCUT2D eigenvalue weighted by Gasteiger charge is -2.10. The minimum absolute atomic E-state index is 0.00160. The van der Waals surface area contributed by atoms with E-state index in [2.05, 4.69) is 25.4 Å². The molecular weight excluding hydrogens is 438 g/mol. The molecule has 1 N–H and O–H groups in total. The Morgan fingerprint density at radius 2 is 1.67 bits per heavy atom. The van der Waals surface area contributed by atoms with Crippen molar-refractivity contribution in [1.82, 2.24) is 4.72 Å². The summed E-state index contributed by atoms with van der Waals surface area (Å²) in [6.07, 6.45) is 0. The number of esters is 2. The molecule has 2 rings (SSSR count). The molecule has 0 aliphatic carbocycles. The third kappa shape index (κ3) is 5.38. The summed E-state index contributed by atoms with van der Waals surface area (Å²) < 4.78 is 37.3. The van der Waals surface area contributed by atoms with Crippen molar-refractivity contribution in [3.63, 3.8) is 0 Å². The minimum atomic E-state index is -3.82. The van der Waals surface area contributed by atoms with Crippen molar-refractivity contribution < 1.29 is 27.5 Å². The SMILES string of the molecule is CCOC(=O)c1ccc(S(=O)(=O)NCc2ccc(C(=O)OC)cc2)c(Br)c1. The standard InChI is InChI=1S/C18H18BrNO6S/c1-3-26-18(22)14-8-9-16(15(19)10-14)27(23,24)20-11-12-4-6-13(7-5-12)17(21)25-2/h4-10,20H,3,11H2,1-2H3. The number of hydrogen-bond donors (Lipinski definition) is 1. The van der Waals surface area contributed by atoms with Gasteiger partial charge in [0.05, 0.1) is 29.7 Å². The molecule has 0 aliphatic rings. The number of methoxy groups -OCH3 is 1. The van der Waals surface area contributed by atoms with Crippen LogP contribution in [0.3, 0.4) is 0 Å². The lowest BCUT2D eigenvalue weighted by molar-refractivity contribution is 0.0525. The predicted molar refractivity (Wildman–Crippen MR) is 102 cm³/mol. The van der Waals surface area contributed by atoms with Crippen LogP contribution in [0, 0.1) is 0 Å². The van der Waals surface area contributed by atoms with E-state index in [-0.39, 0.29) is 28.1 Å². The molecule has 0 aliphatic heterocycles. The van der Waals surface area contributed by atoms with Crippen molar-refractivity contribution in [2.75, 3.05) is 13.7 Å². The van der Waals surface area contributed by atoms with E-state index in [1.54, 1.807) is 31.2 Å². The van der Waals surface area contributed by atoms with Gasteiger partial charge in [-0.05, 0) is 58.7 Å². The molecule has 144 valence electrons. The molecule has 0 radical (unpaired) electrons. The fraction of sp³-hybridized carbons (Fsp3) is 0.222. The second kappa shape index (κ2) is 9.12. The Balaban J connectivity index is 2.12.